The number of alkyl halides is 3. The van der Waals surface area contributed by atoms with E-state index >= 15 is 0 Å². The van der Waals surface area contributed by atoms with Gasteiger partial charge >= 0.3 is 6.18 Å². The van der Waals surface area contributed by atoms with Gasteiger partial charge in [0, 0.05) is 13.0 Å². The van der Waals surface area contributed by atoms with Crippen LogP contribution in [0, 0.1) is 11.3 Å². The predicted molar refractivity (Wildman–Crippen MR) is 81.1 cm³/mol. The Hall–Kier alpha value is -2.56. The Morgan fingerprint density at radius 1 is 1.21 bits per heavy atom. The Labute approximate surface area is 137 Å². The first-order valence-electron chi connectivity index (χ1n) is 7.75. The van der Waals surface area contributed by atoms with Crippen LogP contribution in [-0.4, -0.2) is 14.8 Å². The highest BCUT2D eigenvalue weighted by Crippen LogP contribution is 2.31. The number of halogens is 3. The van der Waals surface area contributed by atoms with Gasteiger partial charge in [0.25, 0.3) is 0 Å². The van der Waals surface area contributed by atoms with E-state index in [9.17, 15) is 13.2 Å². The molecule has 0 spiro atoms. The summed E-state index contributed by atoms with van der Waals surface area (Å²) in [6.45, 7) is 1.16. The minimum atomic E-state index is -4.46. The number of aryl methyl sites for hydroxylation is 1. The fourth-order valence-corrected chi connectivity index (χ4v) is 2.82. The van der Waals surface area contributed by atoms with Gasteiger partial charge in [0.2, 0.25) is 0 Å². The van der Waals surface area contributed by atoms with Crippen LogP contribution in [0.2, 0.25) is 0 Å². The van der Waals surface area contributed by atoms with Crippen LogP contribution in [0.4, 0.5) is 18.9 Å². The van der Waals surface area contributed by atoms with Crippen molar-refractivity contribution in [2.45, 2.75) is 44.9 Å². The quantitative estimate of drug-likeness (QED) is 0.932. The number of benzene rings is 1. The molecule has 0 atom stereocenters. The summed E-state index contributed by atoms with van der Waals surface area (Å²) in [7, 11) is 0. The van der Waals surface area contributed by atoms with Crippen molar-refractivity contribution in [1.29, 1.82) is 5.26 Å². The lowest BCUT2D eigenvalue weighted by Gasteiger charge is -2.12. The molecular formula is C16H16F3N5. The van der Waals surface area contributed by atoms with Crippen molar-refractivity contribution in [3.8, 4) is 6.07 Å². The average molecular weight is 335 g/mol. The number of anilines is 1. The van der Waals surface area contributed by atoms with Crippen molar-refractivity contribution in [3.63, 3.8) is 0 Å². The van der Waals surface area contributed by atoms with Gasteiger partial charge in [0.05, 0.1) is 23.4 Å². The Bertz CT molecular complexity index is 773. The van der Waals surface area contributed by atoms with Crippen LogP contribution in [0.1, 0.15) is 42.0 Å². The third kappa shape index (κ3) is 3.35. The fourth-order valence-electron chi connectivity index (χ4n) is 2.82. The van der Waals surface area contributed by atoms with Crippen molar-refractivity contribution in [1.82, 2.24) is 14.8 Å². The molecule has 1 aromatic carbocycles. The second-order valence-corrected chi connectivity index (χ2v) is 5.72. The standard InChI is InChI=1S/C16H16F3N5/c17-16(18,19)12-5-6-13(11(8-12)9-20)21-10-15-23-22-14-4-2-1-3-7-24(14)15/h5-6,8,21H,1-4,7,10H2. The number of nitrogens with one attached hydrogen (secondary N) is 1. The summed E-state index contributed by atoms with van der Waals surface area (Å²) in [6, 6.07) is 4.90. The molecule has 1 aromatic heterocycles. The second kappa shape index (κ2) is 6.51. The highest BCUT2D eigenvalue weighted by atomic mass is 19.4. The Kier molecular flexibility index (Phi) is 4.42. The first-order valence-corrected chi connectivity index (χ1v) is 7.75. The maximum Gasteiger partial charge on any atom is 0.416 e. The third-order valence-electron chi connectivity index (χ3n) is 4.09. The van der Waals surface area contributed by atoms with Crippen LogP contribution in [0.3, 0.4) is 0 Å². The van der Waals surface area contributed by atoms with Crippen molar-refractivity contribution >= 4 is 5.69 Å². The topological polar surface area (TPSA) is 66.5 Å². The Balaban J connectivity index is 1.78. The molecule has 3 rings (SSSR count). The molecule has 5 nitrogen and oxygen atoms in total. The Morgan fingerprint density at radius 2 is 2.04 bits per heavy atom. The molecule has 1 aliphatic rings. The summed E-state index contributed by atoms with van der Waals surface area (Å²) in [5.41, 5.74) is -0.516. The number of fused-ring (bicyclic) bond motifs is 1. The van der Waals surface area contributed by atoms with Gasteiger partial charge < -0.3 is 9.88 Å². The van der Waals surface area contributed by atoms with Gasteiger partial charge in [0.15, 0.2) is 5.82 Å². The van der Waals surface area contributed by atoms with E-state index in [-0.39, 0.29) is 5.56 Å². The predicted octanol–water partition coefficient (Wildman–Crippen LogP) is 3.51. The van der Waals surface area contributed by atoms with Gasteiger partial charge in [-0.1, -0.05) is 6.42 Å². The van der Waals surface area contributed by atoms with Crippen molar-refractivity contribution < 1.29 is 13.2 Å². The third-order valence-corrected chi connectivity index (χ3v) is 4.09. The molecule has 24 heavy (non-hydrogen) atoms. The zero-order valence-electron chi connectivity index (χ0n) is 12.9. The average Bonchev–Trinajstić information content (AvgIpc) is 2.78. The number of hydrogen-bond donors (Lipinski definition) is 1. The first-order chi connectivity index (χ1) is 11.5. The van der Waals surface area contributed by atoms with Crippen LogP contribution in [0.15, 0.2) is 18.2 Å². The maximum absolute atomic E-state index is 12.7. The van der Waals surface area contributed by atoms with Gasteiger partial charge in [-0.2, -0.15) is 18.4 Å². The number of nitriles is 1. The monoisotopic (exact) mass is 335 g/mol. The van der Waals surface area contributed by atoms with E-state index in [1.54, 1.807) is 6.07 Å². The molecule has 0 saturated heterocycles. The number of nitrogens with zero attached hydrogens (tertiary/aromatic N) is 4. The van der Waals surface area contributed by atoms with E-state index < -0.39 is 11.7 Å². The van der Waals surface area contributed by atoms with Crippen molar-refractivity contribution in [2.24, 2.45) is 0 Å². The first kappa shape index (κ1) is 16.3. The van der Waals surface area contributed by atoms with E-state index in [2.05, 4.69) is 20.1 Å². The molecular weight excluding hydrogens is 319 g/mol. The van der Waals surface area contributed by atoms with Crippen LogP contribution in [0.5, 0.6) is 0 Å². The zero-order valence-corrected chi connectivity index (χ0v) is 12.9. The van der Waals surface area contributed by atoms with Gasteiger partial charge in [-0.15, -0.1) is 10.2 Å². The van der Waals surface area contributed by atoms with E-state index in [1.807, 2.05) is 0 Å². The molecule has 0 amide bonds. The largest absolute Gasteiger partial charge is 0.416 e. The molecule has 0 unspecified atom stereocenters. The molecule has 0 saturated carbocycles. The molecule has 2 aromatic rings. The summed E-state index contributed by atoms with van der Waals surface area (Å²) in [6.07, 6.45) is -0.288. The van der Waals surface area contributed by atoms with Crippen molar-refractivity contribution in [2.75, 3.05) is 5.32 Å². The van der Waals surface area contributed by atoms with Crippen LogP contribution >= 0.6 is 0 Å². The fraction of sp³-hybridized carbons (Fsp3) is 0.438. The van der Waals surface area contributed by atoms with Crippen molar-refractivity contribution in [3.05, 3.63) is 41.0 Å². The van der Waals surface area contributed by atoms with E-state index in [4.69, 9.17) is 5.26 Å². The summed E-state index contributed by atoms with van der Waals surface area (Å²) in [4.78, 5) is 0. The number of rotatable bonds is 3. The molecule has 8 heteroatoms. The Morgan fingerprint density at radius 3 is 2.79 bits per heavy atom. The summed E-state index contributed by atoms with van der Waals surface area (Å²) >= 11 is 0. The van der Waals surface area contributed by atoms with Gasteiger partial charge in [0.1, 0.15) is 11.9 Å². The minimum absolute atomic E-state index is 0.0413. The zero-order chi connectivity index (χ0) is 17.2. The molecule has 0 bridgehead atoms. The van der Waals surface area contributed by atoms with Crippen LogP contribution in [0.25, 0.3) is 0 Å². The van der Waals surface area contributed by atoms with Gasteiger partial charge in [-0.25, -0.2) is 0 Å². The smallest absolute Gasteiger partial charge is 0.377 e. The molecule has 0 radical (unpaired) electrons. The lowest BCUT2D eigenvalue weighted by molar-refractivity contribution is -0.137. The highest BCUT2D eigenvalue weighted by Gasteiger charge is 2.31. The van der Waals surface area contributed by atoms with E-state index in [0.29, 0.717) is 12.2 Å². The molecule has 0 aliphatic carbocycles. The normalized spacial score (nSPS) is 14.6. The van der Waals surface area contributed by atoms with Gasteiger partial charge in [-0.05, 0) is 31.0 Å². The highest BCUT2D eigenvalue weighted by molar-refractivity contribution is 5.59. The maximum atomic E-state index is 12.7. The molecule has 1 aliphatic heterocycles. The summed E-state index contributed by atoms with van der Waals surface area (Å²) in [5, 5.41) is 20.4. The van der Waals surface area contributed by atoms with E-state index in [0.717, 1.165) is 56.0 Å². The summed E-state index contributed by atoms with van der Waals surface area (Å²) < 4.78 is 40.2. The van der Waals surface area contributed by atoms with E-state index in [1.165, 1.54) is 6.07 Å². The second-order valence-electron chi connectivity index (χ2n) is 5.72. The van der Waals surface area contributed by atoms with Gasteiger partial charge in [-0.3, -0.25) is 0 Å². The number of hydrogen-bond acceptors (Lipinski definition) is 4. The lowest BCUT2D eigenvalue weighted by atomic mass is 10.1. The molecule has 0 fully saturated rings. The lowest BCUT2D eigenvalue weighted by Crippen LogP contribution is -2.11. The summed E-state index contributed by atoms with van der Waals surface area (Å²) in [5.74, 6) is 1.67. The SMILES string of the molecule is N#Cc1cc(C(F)(F)F)ccc1NCc1nnc2n1CCCCC2. The number of aromatic nitrogens is 3. The molecule has 1 N–H and O–H groups in total. The molecule has 2 heterocycles. The van der Waals surface area contributed by atoms with Crippen LogP contribution in [-0.2, 0) is 25.7 Å². The minimum Gasteiger partial charge on any atom is -0.377 e. The molecule has 126 valence electrons. The van der Waals surface area contributed by atoms with Crippen LogP contribution < -0.4 is 5.32 Å².